The molecule has 0 aliphatic carbocycles. The topological polar surface area (TPSA) is 9.72 Å². The summed E-state index contributed by atoms with van der Waals surface area (Å²) >= 11 is 0. The summed E-state index contributed by atoms with van der Waals surface area (Å²) in [4.78, 5) is 7.61. The molecule has 0 radical (unpaired) electrons. The standard InChI is InChI=1S/C14H27N3.2C2H6/c1-15-6-3-13(4-7-15)5-8-17-11-14(12-17)9-16(2)10-14;2*1-2/h13H,3-12H2,1-2H3;2*1-2H3. The second-order valence-electron chi connectivity index (χ2n) is 6.92. The molecule has 0 aromatic heterocycles. The lowest BCUT2D eigenvalue weighted by molar-refractivity contribution is -0.105. The summed E-state index contributed by atoms with van der Waals surface area (Å²) in [6, 6.07) is 0. The smallest absolute Gasteiger partial charge is 0.0212 e. The molecule has 0 atom stereocenters. The number of piperidine rings is 1. The molecule has 0 aromatic carbocycles. The van der Waals surface area contributed by atoms with Crippen molar-refractivity contribution in [2.24, 2.45) is 11.3 Å². The summed E-state index contributed by atoms with van der Waals surface area (Å²) in [5.74, 6) is 1.01. The predicted octanol–water partition coefficient (Wildman–Crippen LogP) is 3.02. The predicted molar refractivity (Wildman–Crippen MR) is 93.9 cm³/mol. The molecule has 0 saturated carbocycles. The van der Waals surface area contributed by atoms with Crippen molar-refractivity contribution < 1.29 is 0 Å². The van der Waals surface area contributed by atoms with Crippen LogP contribution in [0.5, 0.6) is 0 Å². The van der Waals surface area contributed by atoms with Gasteiger partial charge in [0.25, 0.3) is 0 Å². The molecule has 3 heterocycles. The van der Waals surface area contributed by atoms with Crippen molar-refractivity contribution in [3.05, 3.63) is 0 Å². The Hall–Kier alpha value is -0.120. The first-order chi connectivity index (χ1) is 10.2. The van der Waals surface area contributed by atoms with E-state index in [1.54, 1.807) is 0 Å². The van der Waals surface area contributed by atoms with Crippen LogP contribution in [0.4, 0.5) is 0 Å². The average Bonchev–Trinajstić information content (AvgIpc) is 2.46. The van der Waals surface area contributed by atoms with Crippen molar-refractivity contribution in [1.82, 2.24) is 14.7 Å². The van der Waals surface area contributed by atoms with E-state index in [0.29, 0.717) is 0 Å². The van der Waals surface area contributed by atoms with E-state index in [4.69, 9.17) is 0 Å². The molecule has 0 N–H and O–H groups in total. The van der Waals surface area contributed by atoms with Crippen molar-refractivity contribution >= 4 is 0 Å². The zero-order valence-electron chi connectivity index (χ0n) is 15.5. The molecule has 3 aliphatic heterocycles. The number of nitrogens with zero attached hydrogens (tertiary/aromatic N) is 3. The van der Waals surface area contributed by atoms with E-state index in [-0.39, 0.29) is 0 Å². The Morgan fingerprint density at radius 1 is 0.810 bits per heavy atom. The fourth-order valence-electron chi connectivity index (χ4n) is 4.08. The Balaban J connectivity index is 0.000000510. The molecule has 3 rings (SSSR count). The van der Waals surface area contributed by atoms with E-state index in [9.17, 15) is 0 Å². The molecular weight excluding hydrogens is 258 g/mol. The van der Waals surface area contributed by atoms with Crippen molar-refractivity contribution in [2.75, 3.05) is 59.9 Å². The van der Waals surface area contributed by atoms with Crippen LogP contribution in [0.15, 0.2) is 0 Å². The third-order valence-electron chi connectivity index (χ3n) is 5.02. The minimum absolute atomic E-state index is 0.724. The molecular formula is C18H39N3. The normalized spacial score (nSPS) is 26.0. The van der Waals surface area contributed by atoms with Gasteiger partial charge in [-0.3, -0.25) is 0 Å². The van der Waals surface area contributed by atoms with Gasteiger partial charge < -0.3 is 14.7 Å². The second-order valence-corrected chi connectivity index (χ2v) is 6.92. The van der Waals surface area contributed by atoms with Crippen LogP contribution in [0.1, 0.15) is 47.0 Å². The quantitative estimate of drug-likeness (QED) is 0.793. The summed E-state index contributed by atoms with van der Waals surface area (Å²) < 4.78 is 0. The SMILES string of the molecule is CC.CC.CN1CCC(CCN2CC3(CN(C)C3)C2)CC1. The van der Waals surface area contributed by atoms with Gasteiger partial charge >= 0.3 is 0 Å². The number of rotatable bonds is 3. The zero-order valence-corrected chi connectivity index (χ0v) is 15.5. The summed E-state index contributed by atoms with van der Waals surface area (Å²) in [6.45, 7) is 17.4. The lowest BCUT2D eigenvalue weighted by atomic mass is 9.73. The van der Waals surface area contributed by atoms with Gasteiger partial charge in [-0.2, -0.15) is 0 Å². The Labute approximate surface area is 133 Å². The third-order valence-corrected chi connectivity index (χ3v) is 5.02. The van der Waals surface area contributed by atoms with Gasteiger partial charge in [-0.1, -0.05) is 27.7 Å². The molecule has 3 heteroatoms. The number of hydrogen-bond acceptors (Lipinski definition) is 3. The maximum atomic E-state index is 2.69. The maximum Gasteiger partial charge on any atom is 0.0212 e. The highest BCUT2D eigenvalue weighted by atomic mass is 15.3. The van der Waals surface area contributed by atoms with Crippen LogP contribution in [0.25, 0.3) is 0 Å². The summed E-state index contributed by atoms with van der Waals surface area (Å²) in [5.41, 5.74) is 0.724. The molecule has 3 aliphatic rings. The van der Waals surface area contributed by atoms with Gasteiger partial charge in [0.2, 0.25) is 0 Å². The molecule has 0 aromatic rings. The summed E-state index contributed by atoms with van der Waals surface area (Å²) in [5, 5.41) is 0. The fourth-order valence-corrected chi connectivity index (χ4v) is 4.08. The second kappa shape index (κ2) is 9.12. The van der Waals surface area contributed by atoms with Crippen LogP contribution in [0.2, 0.25) is 0 Å². The van der Waals surface area contributed by atoms with E-state index < -0.39 is 0 Å². The van der Waals surface area contributed by atoms with Gasteiger partial charge in [0, 0.05) is 31.6 Å². The van der Waals surface area contributed by atoms with Gasteiger partial charge in [0.1, 0.15) is 0 Å². The van der Waals surface area contributed by atoms with Crippen molar-refractivity contribution in [1.29, 1.82) is 0 Å². The van der Waals surface area contributed by atoms with Crippen molar-refractivity contribution in [3.63, 3.8) is 0 Å². The van der Waals surface area contributed by atoms with E-state index in [1.807, 2.05) is 27.7 Å². The van der Waals surface area contributed by atoms with Crippen LogP contribution >= 0.6 is 0 Å². The minimum atomic E-state index is 0.724. The molecule has 3 fully saturated rings. The Kier molecular flexibility index (Phi) is 8.22. The molecule has 3 nitrogen and oxygen atoms in total. The van der Waals surface area contributed by atoms with Gasteiger partial charge in [-0.05, 0) is 58.9 Å². The van der Waals surface area contributed by atoms with E-state index >= 15 is 0 Å². The lowest BCUT2D eigenvalue weighted by Crippen LogP contribution is -2.71. The number of likely N-dealkylation sites (tertiary alicyclic amines) is 3. The monoisotopic (exact) mass is 297 g/mol. The highest BCUT2D eigenvalue weighted by molar-refractivity contribution is 5.04. The van der Waals surface area contributed by atoms with Crippen LogP contribution < -0.4 is 0 Å². The van der Waals surface area contributed by atoms with E-state index in [0.717, 1.165) is 11.3 Å². The highest BCUT2D eigenvalue weighted by Gasteiger charge is 2.49. The first-order valence-electron chi connectivity index (χ1n) is 9.25. The minimum Gasteiger partial charge on any atom is -0.306 e. The van der Waals surface area contributed by atoms with Crippen molar-refractivity contribution in [2.45, 2.75) is 47.0 Å². The third kappa shape index (κ3) is 5.22. The van der Waals surface area contributed by atoms with E-state index in [1.165, 1.54) is 65.1 Å². The van der Waals surface area contributed by atoms with Crippen molar-refractivity contribution in [3.8, 4) is 0 Å². The molecule has 1 spiro atoms. The first kappa shape index (κ1) is 18.9. The largest absolute Gasteiger partial charge is 0.306 e. The Morgan fingerprint density at radius 3 is 1.81 bits per heavy atom. The van der Waals surface area contributed by atoms with Crippen LogP contribution in [-0.4, -0.2) is 74.6 Å². The number of hydrogen-bond donors (Lipinski definition) is 0. The first-order valence-corrected chi connectivity index (χ1v) is 9.25. The van der Waals surface area contributed by atoms with Crippen LogP contribution in [-0.2, 0) is 0 Å². The highest BCUT2D eigenvalue weighted by Crippen LogP contribution is 2.38. The molecule has 0 unspecified atom stereocenters. The van der Waals surface area contributed by atoms with Gasteiger partial charge in [-0.15, -0.1) is 0 Å². The van der Waals surface area contributed by atoms with Crippen LogP contribution in [0, 0.1) is 11.3 Å². The molecule has 0 bridgehead atoms. The van der Waals surface area contributed by atoms with E-state index in [2.05, 4.69) is 28.8 Å². The van der Waals surface area contributed by atoms with Gasteiger partial charge in [0.15, 0.2) is 0 Å². The van der Waals surface area contributed by atoms with Gasteiger partial charge in [0.05, 0.1) is 0 Å². The molecule has 126 valence electrons. The van der Waals surface area contributed by atoms with Gasteiger partial charge in [-0.25, -0.2) is 0 Å². The maximum absolute atomic E-state index is 2.69. The Bertz CT molecular complexity index is 258. The molecule has 0 amide bonds. The molecule has 3 saturated heterocycles. The summed E-state index contributed by atoms with van der Waals surface area (Å²) in [7, 11) is 4.49. The molecule has 21 heavy (non-hydrogen) atoms. The Morgan fingerprint density at radius 2 is 1.33 bits per heavy atom. The fraction of sp³-hybridized carbons (Fsp3) is 1.00. The summed E-state index contributed by atoms with van der Waals surface area (Å²) in [6.07, 6.45) is 4.30. The van der Waals surface area contributed by atoms with Crippen LogP contribution in [0.3, 0.4) is 0 Å². The lowest BCUT2D eigenvalue weighted by Gasteiger charge is -2.60. The average molecular weight is 298 g/mol. The zero-order chi connectivity index (χ0) is 15.9.